The van der Waals surface area contributed by atoms with Gasteiger partial charge < -0.3 is 15.8 Å². The minimum atomic E-state index is 0.323. The van der Waals surface area contributed by atoms with Gasteiger partial charge in [0.25, 0.3) is 0 Å². The van der Waals surface area contributed by atoms with Crippen LogP contribution >= 0.6 is 12.2 Å². The third kappa shape index (κ3) is 5.37. The molecule has 6 heteroatoms. The molecule has 0 aliphatic carbocycles. The molecule has 0 radical (unpaired) electrons. The van der Waals surface area contributed by atoms with Gasteiger partial charge in [-0.25, -0.2) is 0 Å². The lowest BCUT2D eigenvalue weighted by Gasteiger charge is -2.09. The Morgan fingerprint density at radius 2 is 2.33 bits per heavy atom. The van der Waals surface area contributed by atoms with Crippen LogP contribution in [0.1, 0.15) is 25.8 Å². The Morgan fingerprint density at radius 3 is 3.00 bits per heavy atom. The lowest BCUT2D eigenvalue weighted by atomic mass is 10.2. The van der Waals surface area contributed by atoms with Gasteiger partial charge in [-0.05, 0) is 18.4 Å². The molecule has 0 saturated carbocycles. The predicted molar refractivity (Wildman–Crippen MR) is 76.7 cm³/mol. The highest BCUT2D eigenvalue weighted by Gasteiger charge is 2.05. The molecule has 0 spiro atoms. The first-order valence-corrected chi connectivity index (χ1v) is 6.45. The van der Waals surface area contributed by atoms with Gasteiger partial charge in [0.15, 0.2) is 5.82 Å². The minimum absolute atomic E-state index is 0.323. The van der Waals surface area contributed by atoms with Crippen LogP contribution in [0, 0.1) is 5.92 Å². The smallest absolute Gasteiger partial charge is 0.158 e. The summed E-state index contributed by atoms with van der Waals surface area (Å²) in [6, 6.07) is 1.76. The Labute approximate surface area is 113 Å². The summed E-state index contributed by atoms with van der Waals surface area (Å²) in [6.07, 6.45) is 2.48. The van der Waals surface area contributed by atoms with Gasteiger partial charge in [0.1, 0.15) is 4.99 Å². The first kappa shape index (κ1) is 14.8. The van der Waals surface area contributed by atoms with Crippen LogP contribution in [0.5, 0.6) is 0 Å². The third-order valence-electron chi connectivity index (χ3n) is 2.20. The van der Waals surface area contributed by atoms with Gasteiger partial charge in [-0.1, -0.05) is 26.1 Å². The monoisotopic (exact) mass is 268 g/mol. The second-order valence-electron chi connectivity index (χ2n) is 4.41. The van der Waals surface area contributed by atoms with E-state index in [0.717, 1.165) is 31.7 Å². The molecule has 1 aromatic rings. The first-order valence-electron chi connectivity index (χ1n) is 6.04. The van der Waals surface area contributed by atoms with E-state index >= 15 is 0 Å². The van der Waals surface area contributed by atoms with Crippen molar-refractivity contribution in [1.82, 2.24) is 10.2 Å². The second kappa shape index (κ2) is 7.94. The summed E-state index contributed by atoms with van der Waals surface area (Å²) in [4.78, 5) is 0.323. The average Bonchev–Trinajstić information content (AvgIpc) is 2.33. The molecule has 5 nitrogen and oxygen atoms in total. The summed E-state index contributed by atoms with van der Waals surface area (Å²) in [5, 5.41) is 10.9. The summed E-state index contributed by atoms with van der Waals surface area (Å²) in [5.74, 6) is 1.20. The molecule has 0 bridgehead atoms. The van der Waals surface area contributed by atoms with E-state index in [0.29, 0.717) is 16.7 Å². The molecule has 0 aromatic carbocycles. The summed E-state index contributed by atoms with van der Waals surface area (Å²) < 4.78 is 5.48. The van der Waals surface area contributed by atoms with Gasteiger partial charge in [-0.3, -0.25) is 0 Å². The van der Waals surface area contributed by atoms with Crippen molar-refractivity contribution in [1.29, 1.82) is 0 Å². The van der Waals surface area contributed by atoms with Gasteiger partial charge >= 0.3 is 0 Å². The standard InChI is InChI=1S/C12H20N4OS/c1-9(2)8-17-7-3-5-14-12-10(11(13)18)4-6-15-16-12/h4,6,9H,3,5,7-8H2,1-2H3,(H2,13,18)(H,14,16). The Hall–Kier alpha value is -1.27. The number of thiocarbonyl (C=S) groups is 1. The van der Waals surface area contributed by atoms with Crippen molar-refractivity contribution in [2.45, 2.75) is 20.3 Å². The van der Waals surface area contributed by atoms with Crippen LogP contribution in [-0.2, 0) is 4.74 Å². The van der Waals surface area contributed by atoms with Gasteiger partial charge in [0, 0.05) is 19.8 Å². The van der Waals surface area contributed by atoms with Crippen molar-refractivity contribution in [3.05, 3.63) is 17.8 Å². The normalized spacial score (nSPS) is 10.6. The maximum atomic E-state index is 5.60. The number of ether oxygens (including phenoxy) is 1. The average molecular weight is 268 g/mol. The first-order chi connectivity index (χ1) is 8.61. The van der Waals surface area contributed by atoms with E-state index < -0.39 is 0 Å². The fourth-order valence-electron chi connectivity index (χ4n) is 1.36. The molecular formula is C12H20N4OS. The molecule has 1 heterocycles. The van der Waals surface area contributed by atoms with E-state index in [1.165, 1.54) is 0 Å². The number of nitrogens with two attached hydrogens (primary N) is 1. The van der Waals surface area contributed by atoms with Crippen LogP contribution in [0.15, 0.2) is 12.3 Å². The topological polar surface area (TPSA) is 73.1 Å². The molecule has 100 valence electrons. The van der Waals surface area contributed by atoms with E-state index in [1.54, 1.807) is 12.3 Å². The van der Waals surface area contributed by atoms with Crippen molar-refractivity contribution >= 4 is 23.0 Å². The molecule has 1 aromatic heterocycles. The maximum Gasteiger partial charge on any atom is 0.158 e. The number of anilines is 1. The van der Waals surface area contributed by atoms with Crippen molar-refractivity contribution < 1.29 is 4.74 Å². The summed E-state index contributed by atoms with van der Waals surface area (Å²) in [5.41, 5.74) is 6.32. The van der Waals surface area contributed by atoms with E-state index in [-0.39, 0.29) is 0 Å². The summed E-state index contributed by atoms with van der Waals surface area (Å²) >= 11 is 4.94. The number of hydrogen-bond donors (Lipinski definition) is 2. The van der Waals surface area contributed by atoms with Gasteiger partial charge in [-0.15, -0.1) is 5.10 Å². The Bertz CT molecular complexity index is 384. The van der Waals surface area contributed by atoms with E-state index in [4.69, 9.17) is 22.7 Å². The van der Waals surface area contributed by atoms with Crippen LogP contribution < -0.4 is 11.1 Å². The molecule has 0 aliphatic heterocycles. The Morgan fingerprint density at radius 1 is 1.56 bits per heavy atom. The highest BCUT2D eigenvalue weighted by Crippen LogP contribution is 2.09. The van der Waals surface area contributed by atoms with Crippen molar-refractivity contribution in [3.8, 4) is 0 Å². The van der Waals surface area contributed by atoms with Gasteiger partial charge in [0.2, 0.25) is 0 Å². The number of nitrogens with zero attached hydrogens (tertiary/aromatic N) is 2. The summed E-state index contributed by atoms with van der Waals surface area (Å²) in [7, 11) is 0. The molecule has 1 rings (SSSR count). The van der Waals surface area contributed by atoms with Crippen molar-refractivity contribution in [2.24, 2.45) is 11.7 Å². The largest absolute Gasteiger partial charge is 0.389 e. The predicted octanol–water partition coefficient (Wildman–Crippen LogP) is 1.59. The lowest BCUT2D eigenvalue weighted by Crippen LogP contribution is -2.16. The summed E-state index contributed by atoms with van der Waals surface area (Å²) in [6.45, 7) is 6.54. The zero-order valence-corrected chi connectivity index (χ0v) is 11.7. The number of nitrogens with one attached hydrogen (secondary N) is 1. The molecule has 0 amide bonds. The Balaban J connectivity index is 2.29. The highest BCUT2D eigenvalue weighted by atomic mass is 32.1. The van der Waals surface area contributed by atoms with E-state index in [1.807, 2.05) is 0 Å². The SMILES string of the molecule is CC(C)COCCCNc1nnccc1C(N)=S. The molecule has 0 aliphatic rings. The fraction of sp³-hybridized carbons (Fsp3) is 0.583. The fourth-order valence-corrected chi connectivity index (χ4v) is 1.53. The number of aromatic nitrogens is 2. The van der Waals surface area contributed by atoms with E-state index in [2.05, 4.69) is 29.4 Å². The zero-order chi connectivity index (χ0) is 13.4. The van der Waals surface area contributed by atoms with Crippen LogP contribution in [0.4, 0.5) is 5.82 Å². The lowest BCUT2D eigenvalue weighted by molar-refractivity contribution is 0.110. The molecule has 0 saturated heterocycles. The molecule has 0 fully saturated rings. The number of hydrogen-bond acceptors (Lipinski definition) is 5. The zero-order valence-electron chi connectivity index (χ0n) is 10.8. The third-order valence-corrected chi connectivity index (χ3v) is 2.42. The molecular weight excluding hydrogens is 248 g/mol. The number of rotatable bonds is 8. The molecule has 0 unspecified atom stereocenters. The minimum Gasteiger partial charge on any atom is -0.389 e. The molecule has 3 N–H and O–H groups in total. The maximum absolute atomic E-state index is 5.60. The van der Waals surface area contributed by atoms with Crippen LogP contribution in [0.2, 0.25) is 0 Å². The van der Waals surface area contributed by atoms with Crippen LogP contribution in [0.25, 0.3) is 0 Å². The molecule has 18 heavy (non-hydrogen) atoms. The van der Waals surface area contributed by atoms with Crippen molar-refractivity contribution in [2.75, 3.05) is 25.1 Å². The second-order valence-corrected chi connectivity index (χ2v) is 4.85. The van der Waals surface area contributed by atoms with Crippen LogP contribution in [-0.4, -0.2) is 34.9 Å². The van der Waals surface area contributed by atoms with Gasteiger partial charge in [0.05, 0.1) is 11.8 Å². The van der Waals surface area contributed by atoms with Crippen LogP contribution in [0.3, 0.4) is 0 Å². The highest BCUT2D eigenvalue weighted by molar-refractivity contribution is 7.80. The molecule has 0 atom stereocenters. The Kier molecular flexibility index (Phi) is 6.53. The quantitative estimate of drug-likeness (QED) is 0.551. The van der Waals surface area contributed by atoms with E-state index in [9.17, 15) is 0 Å². The van der Waals surface area contributed by atoms with Crippen molar-refractivity contribution in [3.63, 3.8) is 0 Å². The van der Waals surface area contributed by atoms with Gasteiger partial charge in [-0.2, -0.15) is 5.10 Å².